The molecule has 0 aliphatic carbocycles. The van der Waals surface area contributed by atoms with Crippen LogP contribution in [0.5, 0.6) is 5.75 Å². The third-order valence-electron chi connectivity index (χ3n) is 5.06. The van der Waals surface area contributed by atoms with E-state index in [1.165, 1.54) is 0 Å². The molecule has 4 nitrogen and oxygen atoms in total. The highest BCUT2D eigenvalue weighted by molar-refractivity contribution is 5.98. The maximum Gasteiger partial charge on any atom is 0.222 e. The van der Waals surface area contributed by atoms with Gasteiger partial charge in [0.05, 0.1) is 7.11 Å². The summed E-state index contributed by atoms with van der Waals surface area (Å²) in [5.41, 5.74) is 1.91. The van der Waals surface area contributed by atoms with Crippen LogP contribution in [0.1, 0.15) is 35.2 Å². The number of likely N-dealkylation sites (tertiary alicyclic amines) is 1. The Morgan fingerprint density at radius 3 is 2.27 bits per heavy atom. The molecule has 1 aliphatic rings. The van der Waals surface area contributed by atoms with Crippen molar-refractivity contribution in [1.82, 2.24) is 4.90 Å². The number of methoxy groups -OCH3 is 1. The summed E-state index contributed by atoms with van der Waals surface area (Å²) in [4.78, 5) is 26.9. The monoisotopic (exact) mass is 351 g/mol. The Morgan fingerprint density at radius 1 is 1.00 bits per heavy atom. The van der Waals surface area contributed by atoms with Crippen LogP contribution in [0.4, 0.5) is 0 Å². The molecule has 0 N–H and O–H groups in total. The van der Waals surface area contributed by atoms with Gasteiger partial charge in [0.15, 0.2) is 5.78 Å². The van der Waals surface area contributed by atoms with Gasteiger partial charge in [-0.1, -0.05) is 42.5 Å². The van der Waals surface area contributed by atoms with Crippen molar-refractivity contribution in [3.8, 4) is 5.75 Å². The van der Waals surface area contributed by atoms with Crippen molar-refractivity contribution >= 4 is 11.7 Å². The molecule has 0 unspecified atom stereocenters. The lowest BCUT2D eigenvalue weighted by molar-refractivity contribution is -0.132. The van der Waals surface area contributed by atoms with Gasteiger partial charge < -0.3 is 9.64 Å². The number of aryl methyl sites for hydroxylation is 1. The van der Waals surface area contributed by atoms with Crippen LogP contribution in [0, 0.1) is 5.92 Å². The number of benzene rings is 2. The third kappa shape index (κ3) is 4.51. The lowest BCUT2D eigenvalue weighted by atomic mass is 9.89. The number of rotatable bonds is 6. The van der Waals surface area contributed by atoms with Gasteiger partial charge in [0.2, 0.25) is 5.91 Å². The summed E-state index contributed by atoms with van der Waals surface area (Å²) in [6, 6.07) is 17.3. The first kappa shape index (κ1) is 18.2. The van der Waals surface area contributed by atoms with Crippen molar-refractivity contribution in [1.29, 1.82) is 0 Å². The molecule has 1 amide bonds. The minimum absolute atomic E-state index is 0.0306. The Balaban J connectivity index is 1.46. The Hall–Kier alpha value is -2.62. The summed E-state index contributed by atoms with van der Waals surface area (Å²) in [5.74, 6) is 1.23. The minimum Gasteiger partial charge on any atom is -0.497 e. The fourth-order valence-electron chi connectivity index (χ4n) is 3.43. The van der Waals surface area contributed by atoms with E-state index >= 15 is 0 Å². The molecule has 0 radical (unpaired) electrons. The number of carbonyl (C=O) groups is 2. The van der Waals surface area contributed by atoms with Crippen molar-refractivity contribution < 1.29 is 14.3 Å². The molecule has 4 heteroatoms. The maximum atomic E-state index is 12.5. The summed E-state index contributed by atoms with van der Waals surface area (Å²) in [7, 11) is 1.64. The first-order valence-electron chi connectivity index (χ1n) is 9.17. The van der Waals surface area contributed by atoms with Crippen molar-refractivity contribution in [2.24, 2.45) is 5.92 Å². The van der Waals surface area contributed by atoms with Crippen molar-refractivity contribution in [3.05, 3.63) is 65.7 Å². The molecule has 3 rings (SSSR count). The van der Waals surface area contributed by atoms with Crippen molar-refractivity contribution in [3.63, 3.8) is 0 Å². The highest BCUT2D eigenvalue weighted by Crippen LogP contribution is 2.22. The fraction of sp³-hybridized carbons (Fsp3) is 0.364. The molecule has 0 saturated carbocycles. The number of hydrogen-bond acceptors (Lipinski definition) is 3. The van der Waals surface area contributed by atoms with E-state index in [-0.39, 0.29) is 17.6 Å². The number of carbonyl (C=O) groups excluding carboxylic acids is 2. The number of ether oxygens (including phenoxy) is 1. The summed E-state index contributed by atoms with van der Waals surface area (Å²) in [6.45, 7) is 1.34. The van der Waals surface area contributed by atoms with Gasteiger partial charge in [0, 0.05) is 31.0 Å². The zero-order valence-corrected chi connectivity index (χ0v) is 15.2. The first-order valence-corrected chi connectivity index (χ1v) is 9.17. The molecule has 26 heavy (non-hydrogen) atoms. The number of nitrogens with zero attached hydrogens (tertiary/aromatic N) is 1. The molecular weight excluding hydrogens is 326 g/mol. The number of ketones is 1. The van der Waals surface area contributed by atoms with Gasteiger partial charge in [-0.15, -0.1) is 0 Å². The second-order valence-corrected chi connectivity index (χ2v) is 6.73. The fourth-order valence-corrected chi connectivity index (χ4v) is 3.43. The van der Waals surface area contributed by atoms with E-state index in [4.69, 9.17) is 4.74 Å². The summed E-state index contributed by atoms with van der Waals surface area (Å²) < 4.78 is 5.15. The van der Waals surface area contributed by atoms with Crippen molar-refractivity contribution in [2.45, 2.75) is 25.7 Å². The number of hydrogen-bond donors (Lipinski definition) is 0. The van der Waals surface area contributed by atoms with Crippen LogP contribution in [-0.4, -0.2) is 36.8 Å². The zero-order valence-electron chi connectivity index (χ0n) is 15.2. The zero-order chi connectivity index (χ0) is 18.4. The van der Waals surface area contributed by atoms with Gasteiger partial charge in [-0.3, -0.25) is 9.59 Å². The predicted molar refractivity (Wildman–Crippen MR) is 101 cm³/mol. The van der Waals surface area contributed by atoms with Crippen LogP contribution in [0.25, 0.3) is 0 Å². The smallest absolute Gasteiger partial charge is 0.222 e. The summed E-state index contributed by atoms with van der Waals surface area (Å²) in [5, 5.41) is 0. The van der Waals surface area contributed by atoms with Gasteiger partial charge in [-0.05, 0) is 37.0 Å². The lowest BCUT2D eigenvalue weighted by Gasteiger charge is -2.31. The molecule has 136 valence electrons. The molecule has 0 spiro atoms. The summed E-state index contributed by atoms with van der Waals surface area (Å²) >= 11 is 0. The van der Waals surface area contributed by atoms with Crippen molar-refractivity contribution in [2.75, 3.05) is 20.2 Å². The van der Waals surface area contributed by atoms with E-state index in [2.05, 4.69) is 0 Å². The van der Waals surface area contributed by atoms with Gasteiger partial charge in [0.1, 0.15) is 5.75 Å². The molecule has 0 bridgehead atoms. The predicted octanol–water partition coefficient (Wildman–Crippen LogP) is 3.75. The van der Waals surface area contributed by atoms with Crippen LogP contribution in [0.2, 0.25) is 0 Å². The molecule has 0 aromatic heterocycles. The molecule has 1 aliphatic heterocycles. The standard InChI is InChI=1S/C22H25NO3/c1-26-20-10-7-17(8-11-20)9-12-21(24)23-15-13-19(14-16-23)22(25)18-5-3-2-4-6-18/h2-8,10-11,19H,9,12-16H2,1H3. The number of piperidine rings is 1. The van der Waals surface area contributed by atoms with Crippen LogP contribution >= 0.6 is 0 Å². The van der Waals surface area contributed by atoms with Crippen LogP contribution in [0.3, 0.4) is 0 Å². The Morgan fingerprint density at radius 2 is 1.65 bits per heavy atom. The van der Waals surface area contributed by atoms with E-state index in [0.717, 1.165) is 36.1 Å². The quantitative estimate of drug-likeness (QED) is 0.745. The normalized spacial score (nSPS) is 14.9. The van der Waals surface area contributed by atoms with Crippen LogP contribution < -0.4 is 4.74 Å². The van der Waals surface area contributed by atoms with Gasteiger partial charge in [-0.2, -0.15) is 0 Å². The van der Waals surface area contributed by atoms with Crippen LogP contribution in [0.15, 0.2) is 54.6 Å². The van der Waals surface area contributed by atoms with Gasteiger partial charge >= 0.3 is 0 Å². The Kier molecular flexibility index (Phi) is 6.05. The van der Waals surface area contributed by atoms with E-state index in [9.17, 15) is 9.59 Å². The first-order chi connectivity index (χ1) is 12.7. The number of Topliss-reactive ketones (excluding diaryl/α,β-unsaturated/α-hetero) is 1. The van der Waals surface area contributed by atoms with E-state index in [1.54, 1.807) is 7.11 Å². The van der Waals surface area contributed by atoms with Crippen LogP contribution in [-0.2, 0) is 11.2 Å². The minimum atomic E-state index is 0.0306. The molecule has 1 fully saturated rings. The topological polar surface area (TPSA) is 46.6 Å². The van der Waals surface area contributed by atoms with E-state index in [0.29, 0.717) is 19.5 Å². The van der Waals surface area contributed by atoms with E-state index in [1.807, 2.05) is 59.5 Å². The Labute approximate surface area is 154 Å². The van der Waals surface area contributed by atoms with E-state index < -0.39 is 0 Å². The molecule has 1 heterocycles. The molecular formula is C22H25NO3. The lowest BCUT2D eigenvalue weighted by Crippen LogP contribution is -2.40. The molecule has 2 aromatic carbocycles. The van der Waals surface area contributed by atoms with Gasteiger partial charge in [-0.25, -0.2) is 0 Å². The second kappa shape index (κ2) is 8.65. The summed E-state index contributed by atoms with van der Waals surface area (Å²) in [6.07, 6.45) is 2.74. The largest absolute Gasteiger partial charge is 0.497 e. The Bertz CT molecular complexity index is 732. The number of amides is 1. The highest BCUT2D eigenvalue weighted by atomic mass is 16.5. The molecule has 1 saturated heterocycles. The second-order valence-electron chi connectivity index (χ2n) is 6.73. The highest BCUT2D eigenvalue weighted by Gasteiger charge is 2.27. The molecule has 2 aromatic rings. The average Bonchev–Trinajstić information content (AvgIpc) is 2.72. The third-order valence-corrected chi connectivity index (χ3v) is 5.06. The molecule has 0 atom stereocenters. The SMILES string of the molecule is COc1ccc(CCC(=O)N2CCC(C(=O)c3ccccc3)CC2)cc1. The maximum absolute atomic E-state index is 12.5. The average molecular weight is 351 g/mol. The van der Waals surface area contributed by atoms with Gasteiger partial charge in [0.25, 0.3) is 0 Å².